The number of rotatable bonds is 5. The highest BCUT2D eigenvalue weighted by atomic mass is 16.6. The molecular formula is C16H18N2O4. The lowest BCUT2D eigenvalue weighted by Crippen LogP contribution is -2.27. The lowest BCUT2D eigenvalue weighted by molar-refractivity contribution is -0.120. The molecule has 1 N–H and O–H groups in total. The maximum atomic E-state index is 11.9. The van der Waals surface area contributed by atoms with Gasteiger partial charge in [-0.3, -0.25) is 4.79 Å². The number of aryl methyl sites for hydroxylation is 1. The lowest BCUT2D eigenvalue weighted by Gasteiger charge is -2.18. The van der Waals surface area contributed by atoms with Crippen molar-refractivity contribution in [3.05, 3.63) is 41.3 Å². The molecule has 0 saturated heterocycles. The number of hydrogen-bond acceptors (Lipinski definition) is 5. The van der Waals surface area contributed by atoms with E-state index in [1.807, 2.05) is 31.2 Å². The Morgan fingerprint density at radius 3 is 2.82 bits per heavy atom. The zero-order valence-corrected chi connectivity index (χ0v) is 12.4. The summed E-state index contributed by atoms with van der Waals surface area (Å²) in [4.78, 5) is 11.9. The van der Waals surface area contributed by atoms with Crippen LogP contribution in [0.4, 0.5) is 0 Å². The van der Waals surface area contributed by atoms with Crippen molar-refractivity contribution >= 4 is 5.91 Å². The van der Waals surface area contributed by atoms with Crippen LogP contribution in [0.1, 0.15) is 17.0 Å². The number of carbonyl (C=O) groups is 1. The number of aromatic nitrogens is 1. The Balaban J connectivity index is 1.49. The van der Waals surface area contributed by atoms with E-state index in [1.165, 1.54) is 0 Å². The summed E-state index contributed by atoms with van der Waals surface area (Å²) in [5.41, 5.74) is 1.75. The number of amides is 1. The predicted molar refractivity (Wildman–Crippen MR) is 79.1 cm³/mol. The minimum atomic E-state index is -0.0307. The Morgan fingerprint density at radius 1 is 1.23 bits per heavy atom. The van der Waals surface area contributed by atoms with E-state index >= 15 is 0 Å². The fourth-order valence-corrected chi connectivity index (χ4v) is 2.31. The van der Waals surface area contributed by atoms with Crippen LogP contribution < -0.4 is 14.8 Å². The summed E-state index contributed by atoms with van der Waals surface area (Å²) in [6, 6.07) is 7.45. The van der Waals surface area contributed by atoms with Gasteiger partial charge in [-0.25, -0.2) is 0 Å². The first kappa shape index (κ1) is 14.4. The van der Waals surface area contributed by atoms with Crippen LogP contribution in [0.15, 0.2) is 28.8 Å². The van der Waals surface area contributed by atoms with E-state index < -0.39 is 0 Å². The average molecular weight is 302 g/mol. The fraction of sp³-hybridized carbons (Fsp3) is 0.375. The molecule has 1 aliphatic heterocycles. The van der Waals surface area contributed by atoms with Crippen LogP contribution in [0, 0.1) is 6.92 Å². The Morgan fingerprint density at radius 2 is 2.05 bits per heavy atom. The quantitative estimate of drug-likeness (QED) is 0.909. The topological polar surface area (TPSA) is 73.6 Å². The molecule has 0 spiro atoms. The molecule has 0 radical (unpaired) electrons. The molecule has 0 aliphatic carbocycles. The number of carbonyl (C=O) groups excluding carboxylic acids is 1. The van der Waals surface area contributed by atoms with Crippen molar-refractivity contribution in [1.82, 2.24) is 10.5 Å². The van der Waals surface area contributed by atoms with Crippen LogP contribution in [-0.2, 0) is 17.6 Å². The van der Waals surface area contributed by atoms with Gasteiger partial charge in [0.2, 0.25) is 5.91 Å². The zero-order valence-electron chi connectivity index (χ0n) is 12.4. The Labute approximate surface area is 128 Å². The van der Waals surface area contributed by atoms with Crippen molar-refractivity contribution in [2.45, 2.75) is 19.8 Å². The van der Waals surface area contributed by atoms with Gasteiger partial charge in [-0.15, -0.1) is 0 Å². The summed E-state index contributed by atoms with van der Waals surface area (Å²) in [6.45, 7) is 3.49. The maximum absolute atomic E-state index is 11.9. The van der Waals surface area contributed by atoms with Gasteiger partial charge in [0.15, 0.2) is 11.5 Å². The Bertz CT molecular complexity index is 666. The smallest absolute Gasteiger partial charge is 0.224 e. The third-order valence-corrected chi connectivity index (χ3v) is 3.35. The van der Waals surface area contributed by atoms with Gasteiger partial charge in [0, 0.05) is 19.0 Å². The molecule has 2 aromatic rings. The Kier molecular flexibility index (Phi) is 4.27. The highest BCUT2D eigenvalue weighted by Crippen LogP contribution is 2.30. The highest BCUT2D eigenvalue weighted by Gasteiger charge is 2.13. The maximum Gasteiger partial charge on any atom is 0.224 e. The van der Waals surface area contributed by atoms with Crippen LogP contribution in [0.5, 0.6) is 11.5 Å². The predicted octanol–water partition coefficient (Wildman–Crippen LogP) is 1.66. The summed E-state index contributed by atoms with van der Waals surface area (Å²) < 4.78 is 16.0. The molecule has 3 rings (SSSR count). The minimum Gasteiger partial charge on any atom is -0.486 e. The van der Waals surface area contributed by atoms with Gasteiger partial charge in [0.05, 0.1) is 12.1 Å². The van der Waals surface area contributed by atoms with Gasteiger partial charge in [0.1, 0.15) is 19.0 Å². The van der Waals surface area contributed by atoms with E-state index in [9.17, 15) is 4.79 Å². The van der Waals surface area contributed by atoms with Crippen molar-refractivity contribution in [3.63, 3.8) is 0 Å². The second kappa shape index (κ2) is 6.51. The SMILES string of the molecule is Cc1cc(CCNC(=O)Cc2ccc3c(c2)OCCO3)no1. The molecule has 116 valence electrons. The zero-order chi connectivity index (χ0) is 15.4. The van der Waals surface area contributed by atoms with Crippen molar-refractivity contribution in [2.75, 3.05) is 19.8 Å². The van der Waals surface area contributed by atoms with Gasteiger partial charge in [-0.05, 0) is 24.6 Å². The van der Waals surface area contributed by atoms with Gasteiger partial charge >= 0.3 is 0 Å². The van der Waals surface area contributed by atoms with Gasteiger partial charge in [0.25, 0.3) is 0 Å². The number of nitrogens with one attached hydrogen (secondary N) is 1. The van der Waals surface area contributed by atoms with Crippen molar-refractivity contribution in [3.8, 4) is 11.5 Å². The van der Waals surface area contributed by atoms with Gasteiger partial charge < -0.3 is 19.3 Å². The van der Waals surface area contributed by atoms with E-state index in [-0.39, 0.29) is 5.91 Å². The first-order chi connectivity index (χ1) is 10.7. The molecule has 0 fully saturated rings. The summed E-state index contributed by atoms with van der Waals surface area (Å²) in [5, 5.41) is 6.76. The Hall–Kier alpha value is -2.50. The molecule has 0 saturated carbocycles. The van der Waals surface area contributed by atoms with E-state index in [4.69, 9.17) is 14.0 Å². The first-order valence-electron chi connectivity index (χ1n) is 7.28. The number of fused-ring (bicyclic) bond motifs is 1. The summed E-state index contributed by atoms with van der Waals surface area (Å²) in [5.74, 6) is 2.18. The number of hydrogen-bond donors (Lipinski definition) is 1. The molecule has 6 heteroatoms. The molecule has 0 unspecified atom stereocenters. The highest BCUT2D eigenvalue weighted by molar-refractivity contribution is 5.78. The lowest BCUT2D eigenvalue weighted by atomic mass is 10.1. The van der Waals surface area contributed by atoms with Crippen LogP contribution in [0.2, 0.25) is 0 Å². The van der Waals surface area contributed by atoms with E-state index in [2.05, 4.69) is 10.5 Å². The van der Waals surface area contributed by atoms with Crippen LogP contribution >= 0.6 is 0 Å². The molecule has 1 aliphatic rings. The molecule has 1 amide bonds. The third kappa shape index (κ3) is 3.58. The molecule has 2 heterocycles. The van der Waals surface area contributed by atoms with E-state index in [1.54, 1.807) is 0 Å². The van der Waals surface area contributed by atoms with Crippen LogP contribution in [-0.4, -0.2) is 30.8 Å². The average Bonchev–Trinajstić information content (AvgIpc) is 2.92. The standard InChI is InChI=1S/C16H18N2O4/c1-11-8-13(18-22-11)4-5-17-16(19)10-12-2-3-14-15(9-12)21-7-6-20-14/h2-3,8-9H,4-7,10H2,1H3,(H,17,19). The summed E-state index contributed by atoms with van der Waals surface area (Å²) in [7, 11) is 0. The van der Waals surface area contributed by atoms with E-state index in [0.29, 0.717) is 38.3 Å². The van der Waals surface area contributed by atoms with Gasteiger partial charge in [-0.1, -0.05) is 11.2 Å². The first-order valence-corrected chi connectivity index (χ1v) is 7.28. The number of ether oxygens (including phenoxy) is 2. The van der Waals surface area contributed by atoms with Crippen molar-refractivity contribution < 1.29 is 18.8 Å². The monoisotopic (exact) mass is 302 g/mol. The van der Waals surface area contributed by atoms with E-state index in [0.717, 1.165) is 22.8 Å². The third-order valence-electron chi connectivity index (χ3n) is 3.35. The normalized spacial score (nSPS) is 13.0. The van der Waals surface area contributed by atoms with Crippen molar-refractivity contribution in [1.29, 1.82) is 0 Å². The summed E-state index contributed by atoms with van der Waals surface area (Å²) in [6.07, 6.45) is 0.971. The molecule has 0 bridgehead atoms. The van der Waals surface area contributed by atoms with Crippen molar-refractivity contribution in [2.24, 2.45) is 0 Å². The minimum absolute atomic E-state index is 0.0307. The second-order valence-corrected chi connectivity index (χ2v) is 5.18. The molecule has 0 atom stereocenters. The molecular weight excluding hydrogens is 284 g/mol. The molecule has 6 nitrogen and oxygen atoms in total. The number of nitrogens with zero attached hydrogens (tertiary/aromatic N) is 1. The second-order valence-electron chi connectivity index (χ2n) is 5.18. The molecule has 22 heavy (non-hydrogen) atoms. The van der Waals surface area contributed by atoms with Crippen LogP contribution in [0.3, 0.4) is 0 Å². The van der Waals surface area contributed by atoms with Gasteiger partial charge in [-0.2, -0.15) is 0 Å². The fourth-order valence-electron chi connectivity index (χ4n) is 2.31. The summed E-state index contributed by atoms with van der Waals surface area (Å²) >= 11 is 0. The number of benzene rings is 1. The largest absolute Gasteiger partial charge is 0.486 e. The molecule has 1 aromatic carbocycles. The molecule has 1 aromatic heterocycles. The van der Waals surface area contributed by atoms with Crippen LogP contribution in [0.25, 0.3) is 0 Å².